The summed E-state index contributed by atoms with van der Waals surface area (Å²) in [4.78, 5) is 51.5. The van der Waals surface area contributed by atoms with Gasteiger partial charge < -0.3 is 24.5 Å². The summed E-state index contributed by atoms with van der Waals surface area (Å²) >= 11 is 0. The summed E-state index contributed by atoms with van der Waals surface area (Å²) in [5.41, 5.74) is 7.29. The fraction of sp³-hybridized carbons (Fsp3) is 0.444. The lowest BCUT2D eigenvalue weighted by atomic mass is 10.0. The predicted octanol–water partition coefficient (Wildman–Crippen LogP) is 14.1. The Morgan fingerprint density at radius 3 is 1.02 bits per heavy atom. The van der Waals surface area contributed by atoms with Crippen molar-refractivity contribution in [1.82, 2.24) is 14.7 Å². The molecule has 81 heavy (non-hydrogen) atoms. The Morgan fingerprint density at radius 1 is 0.395 bits per heavy atom. The van der Waals surface area contributed by atoms with E-state index in [4.69, 9.17) is 0 Å². The molecule has 3 amide bonds. The zero-order valence-corrected chi connectivity index (χ0v) is 49.4. The van der Waals surface area contributed by atoms with Gasteiger partial charge in [-0.1, -0.05) is 179 Å². The van der Waals surface area contributed by atoms with Gasteiger partial charge in [0.15, 0.2) is 0 Å². The Hall–Kier alpha value is -6.52. The molecule has 3 fully saturated rings. The normalized spacial score (nSPS) is 17.9. The predicted molar refractivity (Wildman–Crippen MR) is 339 cm³/mol. The quantitative estimate of drug-likeness (QED) is 0.0669. The Morgan fingerprint density at radius 2 is 0.691 bits per heavy atom. The molecule has 0 spiro atoms. The highest BCUT2D eigenvalue weighted by atomic mass is 16.2. The van der Waals surface area contributed by atoms with Crippen molar-refractivity contribution in [3.8, 4) is 0 Å². The summed E-state index contributed by atoms with van der Waals surface area (Å²) in [6, 6.07) is 62.6. The van der Waals surface area contributed by atoms with E-state index in [0.29, 0.717) is 37.0 Å². The number of carbonyl (C=O) groups excluding carboxylic acids is 3. The van der Waals surface area contributed by atoms with Crippen LogP contribution in [0.3, 0.4) is 0 Å². The van der Waals surface area contributed by atoms with Crippen LogP contribution in [0.25, 0.3) is 0 Å². The monoisotopic (exact) mass is 1090 g/mol. The van der Waals surface area contributed by atoms with Crippen LogP contribution in [-0.4, -0.2) is 111 Å². The minimum atomic E-state index is 0.213. The van der Waals surface area contributed by atoms with Crippen molar-refractivity contribution in [3.63, 3.8) is 0 Å². The number of carbonyl (C=O) groups is 3. The first kappa shape index (κ1) is 62.1. The molecule has 3 heterocycles. The average Bonchev–Trinajstić information content (AvgIpc) is 4.05. The van der Waals surface area contributed by atoms with Gasteiger partial charge in [-0.2, -0.15) is 0 Å². The van der Waals surface area contributed by atoms with E-state index in [1.54, 1.807) is 0 Å². The van der Waals surface area contributed by atoms with E-state index in [1.807, 2.05) is 102 Å². The fourth-order valence-electron chi connectivity index (χ4n) is 11.8. The van der Waals surface area contributed by atoms with Crippen molar-refractivity contribution in [2.75, 3.05) is 93.2 Å². The molecule has 9 rings (SSSR count). The van der Waals surface area contributed by atoms with E-state index >= 15 is 0 Å². The highest BCUT2D eigenvalue weighted by Crippen LogP contribution is 2.26. The molecule has 6 aromatic carbocycles. The molecule has 0 N–H and O–H groups in total. The second-order valence-corrected chi connectivity index (χ2v) is 22.6. The molecule has 3 atom stereocenters. The first-order valence-electron chi connectivity index (χ1n) is 30.9. The van der Waals surface area contributed by atoms with E-state index in [1.165, 1.54) is 68.3 Å². The van der Waals surface area contributed by atoms with Gasteiger partial charge in [0.05, 0.1) is 12.8 Å². The molecule has 6 aromatic rings. The van der Waals surface area contributed by atoms with Crippen LogP contribution in [0.5, 0.6) is 0 Å². The molecule has 430 valence electrons. The fourth-order valence-corrected chi connectivity index (χ4v) is 11.8. The average molecular weight is 1090 g/mol. The third kappa shape index (κ3) is 21.7. The van der Waals surface area contributed by atoms with Gasteiger partial charge >= 0.3 is 0 Å². The first-order valence-corrected chi connectivity index (χ1v) is 30.9. The standard InChI is InChI=1S/2C24H32N2O.C24H31N2O/c3*1-2-24(27)26(23-14-7-4-8-15-23)20-22-13-9-10-17-25(19-22)18-16-21-11-5-3-6-12-21/h2*3-8,11-12,14-15,22H,2,9-10,13,16-20H2,1H3;3-8,10-12,14-15,22H,2,9,13,16-20H2,1H3/q;;+1/t22-;;22-/m1.0/s1. The smallest absolute Gasteiger partial charge is 0.226 e. The van der Waals surface area contributed by atoms with Gasteiger partial charge in [0.25, 0.3) is 0 Å². The van der Waals surface area contributed by atoms with Crippen molar-refractivity contribution in [2.24, 2.45) is 17.8 Å². The summed E-state index contributed by atoms with van der Waals surface area (Å²) in [6.07, 6.45) is 17.1. The van der Waals surface area contributed by atoms with Gasteiger partial charge in [-0.25, -0.2) is 0 Å². The largest absolute Gasteiger partial charge is 0.312 e. The number of benzene rings is 6. The summed E-state index contributed by atoms with van der Waals surface area (Å²) in [7, 11) is 0. The van der Waals surface area contributed by atoms with Crippen LogP contribution in [0, 0.1) is 24.2 Å². The Labute approximate surface area is 488 Å². The second kappa shape index (κ2) is 35.4. The van der Waals surface area contributed by atoms with Crippen LogP contribution in [0.1, 0.15) is 108 Å². The number of amides is 3. The highest BCUT2D eigenvalue weighted by molar-refractivity contribution is 5.94. The van der Waals surface area contributed by atoms with Crippen LogP contribution in [-0.2, 0) is 33.6 Å². The van der Waals surface area contributed by atoms with Crippen LogP contribution >= 0.6 is 0 Å². The van der Waals surface area contributed by atoms with Crippen molar-refractivity contribution < 1.29 is 14.4 Å². The molecular formula is C72H95N6O3+. The minimum Gasteiger partial charge on any atom is -0.312 e. The Kier molecular flexibility index (Phi) is 27.1. The molecule has 0 aromatic heterocycles. The lowest BCUT2D eigenvalue weighted by molar-refractivity contribution is -0.119. The van der Waals surface area contributed by atoms with Gasteiger partial charge in [0, 0.05) is 95.2 Å². The van der Waals surface area contributed by atoms with Gasteiger partial charge in [-0.05, 0) is 135 Å². The summed E-state index contributed by atoms with van der Waals surface area (Å²) in [5, 5.41) is 0. The van der Waals surface area contributed by atoms with Gasteiger partial charge in [-0.3, -0.25) is 19.3 Å². The van der Waals surface area contributed by atoms with Crippen LogP contribution in [0.4, 0.5) is 17.1 Å². The molecule has 3 aliphatic rings. The molecule has 1 unspecified atom stereocenters. The Bertz CT molecular complexity index is 2350. The zero-order chi connectivity index (χ0) is 56.7. The molecule has 0 bridgehead atoms. The van der Waals surface area contributed by atoms with Crippen LogP contribution in [0.2, 0.25) is 0 Å². The molecule has 3 saturated heterocycles. The minimum absolute atomic E-state index is 0.213. The van der Waals surface area contributed by atoms with Gasteiger partial charge in [0.1, 0.15) is 6.54 Å². The molecule has 9 nitrogen and oxygen atoms in total. The maximum absolute atomic E-state index is 12.6. The summed E-state index contributed by atoms with van der Waals surface area (Å²) in [5.74, 6) is 2.25. The lowest BCUT2D eigenvalue weighted by Gasteiger charge is -2.30. The summed E-state index contributed by atoms with van der Waals surface area (Å²) in [6.45, 7) is 18.3. The van der Waals surface area contributed by atoms with E-state index in [2.05, 4.69) is 136 Å². The topological polar surface area (TPSA) is 70.7 Å². The molecule has 9 heteroatoms. The number of hydrogen-bond donors (Lipinski definition) is 0. The number of likely N-dealkylation sites (tertiary alicyclic amines) is 3. The number of hydrogen-bond acceptors (Lipinski definition) is 6. The second-order valence-electron chi connectivity index (χ2n) is 22.6. The third-order valence-corrected chi connectivity index (χ3v) is 16.4. The number of nitrogens with zero attached hydrogens (tertiary/aromatic N) is 6. The Balaban J connectivity index is 0.000000175. The van der Waals surface area contributed by atoms with E-state index in [0.717, 1.165) is 115 Å². The number of rotatable bonds is 21. The SMILES string of the molecule is CCC(=O)N(CC1CCCCN(CCc2ccccc2)C1)c1ccccc1.CCC(=O)N(C[C@@H]1CCCCN(CCc2ccccc2)C1)c1ccccc1.CCC(=O)N(C[C@H]1CC[CH+]CN(CCc2ccccc2)C1)c1ccccc1. The molecular weight excluding hydrogens is 997 g/mol. The van der Waals surface area contributed by atoms with Crippen LogP contribution in [0.15, 0.2) is 182 Å². The third-order valence-electron chi connectivity index (χ3n) is 16.4. The maximum Gasteiger partial charge on any atom is 0.226 e. The van der Waals surface area contributed by atoms with E-state index < -0.39 is 0 Å². The number of anilines is 3. The molecule has 3 aliphatic heterocycles. The van der Waals surface area contributed by atoms with E-state index in [-0.39, 0.29) is 17.7 Å². The molecule has 0 saturated carbocycles. The summed E-state index contributed by atoms with van der Waals surface area (Å²) < 4.78 is 0. The molecule has 0 radical (unpaired) electrons. The first-order chi connectivity index (χ1) is 39.8. The van der Waals surface area contributed by atoms with Gasteiger partial charge in [0.2, 0.25) is 17.7 Å². The van der Waals surface area contributed by atoms with Crippen molar-refractivity contribution in [1.29, 1.82) is 0 Å². The van der Waals surface area contributed by atoms with Crippen LogP contribution < -0.4 is 14.7 Å². The lowest BCUT2D eigenvalue weighted by Crippen LogP contribution is -2.39. The molecule has 0 aliphatic carbocycles. The maximum atomic E-state index is 12.6. The van der Waals surface area contributed by atoms with Gasteiger partial charge in [-0.15, -0.1) is 0 Å². The van der Waals surface area contributed by atoms with Crippen molar-refractivity contribution in [3.05, 3.63) is 205 Å². The highest BCUT2D eigenvalue weighted by Gasteiger charge is 2.28. The van der Waals surface area contributed by atoms with Crippen molar-refractivity contribution in [2.45, 2.75) is 111 Å². The zero-order valence-electron chi connectivity index (χ0n) is 49.4. The van der Waals surface area contributed by atoms with Crippen molar-refractivity contribution >= 4 is 34.8 Å². The number of para-hydroxylation sites is 3. The van der Waals surface area contributed by atoms with E-state index in [9.17, 15) is 14.4 Å².